The number of aromatic nitrogens is 1. The molecule has 0 saturated carbocycles. The van der Waals surface area contributed by atoms with E-state index in [1.54, 1.807) is 19.9 Å². The maximum absolute atomic E-state index is 12.5. The van der Waals surface area contributed by atoms with Gasteiger partial charge in [0.2, 0.25) is 0 Å². The minimum Gasteiger partial charge on any atom is -0.454 e. The number of fused-ring (bicyclic) bond motifs is 3. The molecule has 1 aliphatic carbocycles. The summed E-state index contributed by atoms with van der Waals surface area (Å²) in [5, 5.41) is 3.72. The van der Waals surface area contributed by atoms with E-state index in [0.29, 0.717) is 17.0 Å². The van der Waals surface area contributed by atoms with Gasteiger partial charge in [0, 0.05) is 5.56 Å². The lowest BCUT2D eigenvalue weighted by Crippen LogP contribution is -2.15. The highest BCUT2D eigenvalue weighted by atomic mass is 16.5. The van der Waals surface area contributed by atoms with Crippen LogP contribution < -0.4 is 0 Å². The second kappa shape index (κ2) is 6.26. The van der Waals surface area contributed by atoms with Crippen molar-refractivity contribution in [1.29, 1.82) is 0 Å². The second-order valence-corrected chi connectivity index (χ2v) is 6.40. The smallest absolute Gasteiger partial charge is 0.344 e. The zero-order chi connectivity index (χ0) is 18.3. The molecule has 0 saturated heterocycles. The highest BCUT2D eigenvalue weighted by Crippen LogP contribution is 2.36. The first-order chi connectivity index (χ1) is 12.5. The predicted octanol–water partition coefficient (Wildman–Crippen LogP) is 3.90. The standard InChI is InChI=1S/C21H17NO4/c1-12-20(13(2)26-22-12)21(24)25-11-19(23)16-8-7-15-9-14-5-3-4-6-17(14)18(15)10-16/h3-8,10H,9,11H2,1-2H3. The Bertz CT molecular complexity index is 1010. The predicted molar refractivity (Wildman–Crippen MR) is 95.3 cm³/mol. The number of carbonyl (C=O) groups is 2. The molecule has 0 radical (unpaired) electrons. The Morgan fingerprint density at radius 3 is 2.62 bits per heavy atom. The van der Waals surface area contributed by atoms with Crippen molar-refractivity contribution in [1.82, 2.24) is 5.16 Å². The van der Waals surface area contributed by atoms with Crippen molar-refractivity contribution in [3.05, 3.63) is 76.2 Å². The molecule has 5 nitrogen and oxygen atoms in total. The first kappa shape index (κ1) is 16.3. The highest BCUT2D eigenvalue weighted by molar-refractivity contribution is 6.01. The lowest BCUT2D eigenvalue weighted by atomic mass is 10.0. The van der Waals surface area contributed by atoms with Gasteiger partial charge in [-0.2, -0.15) is 0 Å². The zero-order valence-electron chi connectivity index (χ0n) is 14.5. The molecule has 0 atom stereocenters. The number of hydrogen-bond donors (Lipinski definition) is 0. The van der Waals surface area contributed by atoms with Gasteiger partial charge in [0.1, 0.15) is 11.3 Å². The lowest BCUT2D eigenvalue weighted by molar-refractivity contribution is 0.0472. The van der Waals surface area contributed by atoms with Crippen LogP contribution in [0.25, 0.3) is 11.1 Å². The number of ether oxygens (including phenoxy) is 1. The van der Waals surface area contributed by atoms with Gasteiger partial charge in [-0.25, -0.2) is 4.79 Å². The first-order valence-corrected chi connectivity index (χ1v) is 8.39. The first-order valence-electron chi connectivity index (χ1n) is 8.39. The van der Waals surface area contributed by atoms with Crippen molar-refractivity contribution in [3.8, 4) is 11.1 Å². The number of aryl methyl sites for hydroxylation is 2. The van der Waals surface area contributed by atoms with Crippen LogP contribution >= 0.6 is 0 Å². The summed E-state index contributed by atoms with van der Waals surface area (Å²) in [4.78, 5) is 24.6. The van der Waals surface area contributed by atoms with Gasteiger partial charge in [-0.15, -0.1) is 0 Å². The fraction of sp³-hybridized carbons (Fsp3) is 0.190. The molecule has 1 aromatic heterocycles. The Labute approximate surface area is 150 Å². The quantitative estimate of drug-likeness (QED) is 0.414. The molecule has 130 valence electrons. The largest absolute Gasteiger partial charge is 0.454 e. The third-order valence-electron chi connectivity index (χ3n) is 4.69. The highest BCUT2D eigenvalue weighted by Gasteiger charge is 2.22. The molecule has 4 rings (SSSR count). The summed E-state index contributed by atoms with van der Waals surface area (Å²) in [6.45, 7) is 2.98. The Morgan fingerprint density at radius 2 is 1.85 bits per heavy atom. The molecular weight excluding hydrogens is 330 g/mol. The van der Waals surface area contributed by atoms with Crippen LogP contribution in [0.5, 0.6) is 0 Å². The average molecular weight is 347 g/mol. The van der Waals surface area contributed by atoms with E-state index < -0.39 is 5.97 Å². The van der Waals surface area contributed by atoms with E-state index >= 15 is 0 Å². The van der Waals surface area contributed by atoms with E-state index in [0.717, 1.165) is 17.5 Å². The van der Waals surface area contributed by atoms with Crippen LogP contribution in [0, 0.1) is 13.8 Å². The minimum atomic E-state index is -0.596. The number of esters is 1. The van der Waals surface area contributed by atoms with Gasteiger partial charge in [0.15, 0.2) is 12.4 Å². The third-order valence-corrected chi connectivity index (χ3v) is 4.69. The molecule has 5 heteroatoms. The van der Waals surface area contributed by atoms with Gasteiger partial charge < -0.3 is 9.26 Å². The summed E-state index contributed by atoms with van der Waals surface area (Å²) in [7, 11) is 0. The van der Waals surface area contributed by atoms with Crippen molar-refractivity contribution in [2.45, 2.75) is 20.3 Å². The van der Waals surface area contributed by atoms with Crippen LogP contribution in [0.3, 0.4) is 0 Å². The van der Waals surface area contributed by atoms with Crippen molar-refractivity contribution >= 4 is 11.8 Å². The molecule has 0 unspecified atom stereocenters. The molecular formula is C21H17NO4. The zero-order valence-corrected chi connectivity index (χ0v) is 14.5. The number of benzene rings is 2. The van der Waals surface area contributed by atoms with E-state index in [9.17, 15) is 9.59 Å². The van der Waals surface area contributed by atoms with E-state index in [1.807, 2.05) is 24.3 Å². The maximum Gasteiger partial charge on any atom is 0.344 e. The molecule has 2 aromatic carbocycles. The van der Waals surface area contributed by atoms with Gasteiger partial charge in [0.25, 0.3) is 0 Å². The van der Waals surface area contributed by atoms with Crippen molar-refractivity contribution in [2.24, 2.45) is 0 Å². The molecule has 0 aliphatic heterocycles. The molecule has 26 heavy (non-hydrogen) atoms. The normalized spacial score (nSPS) is 11.8. The van der Waals surface area contributed by atoms with Crippen molar-refractivity contribution < 1.29 is 18.8 Å². The van der Waals surface area contributed by atoms with Crippen LogP contribution in [-0.2, 0) is 11.2 Å². The fourth-order valence-corrected chi connectivity index (χ4v) is 3.36. The van der Waals surface area contributed by atoms with E-state index in [1.165, 1.54) is 11.1 Å². The fourth-order valence-electron chi connectivity index (χ4n) is 3.36. The Balaban J connectivity index is 1.51. The van der Waals surface area contributed by atoms with Crippen LogP contribution in [-0.4, -0.2) is 23.5 Å². The Morgan fingerprint density at radius 1 is 1.08 bits per heavy atom. The van der Waals surface area contributed by atoms with Gasteiger partial charge in [-0.05, 0) is 48.6 Å². The van der Waals surface area contributed by atoms with Crippen LogP contribution in [0.2, 0.25) is 0 Å². The third kappa shape index (κ3) is 2.71. The van der Waals surface area contributed by atoms with Crippen LogP contribution in [0.1, 0.15) is 43.3 Å². The summed E-state index contributed by atoms with van der Waals surface area (Å²) in [6.07, 6.45) is 0.876. The van der Waals surface area contributed by atoms with E-state index in [2.05, 4.69) is 17.3 Å². The van der Waals surface area contributed by atoms with Gasteiger partial charge in [-0.3, -0.25) is 4.79 Å². The van der Waals surface area contributed by atoms with Gasteiger partial charge in [0.05, 0.1) is 5.69 Å². The molecule has 3 aromatic rings. The summed E-state index contributed by atoms with van der Waals surface area (Å²) in [5.74, 6) is -0.451. The minimum absolute atomic E-state index is 0.239. The molecule has 0 fully saturated rings. The maximum atomic E-state index is 12.5. The van der Waals surface area contributed by atoms with Crippen molar-refractivity contribution in [3.63, 3.8) is 0 Å². The monoisotopic (exact) mass is 347 g/mol. The van der Waals surface area contributed by atoms with Crippen LogP contribution in [0.15, 0.2) is 47.0 Å². The number of nitrogens with zero attached hydrogens (tertiary/aromatic N) is 1. The van der Waals surface area contributed by atoms with Crippen molar-refractivity contribution in [2.75, 3.05) is 6.61 Å². The number of carbonyl (C=O) groups excluding carboxylic acids is 2. The van der Waals surface area contributed by atoms with E-state index in [-0.39, 0.29) is 18.0 Å². The van der Waals surface area contributed by atoms with Gasteiger partial charge >= 0.3 is 5.97 Å². The molecule has 0 bridgehead atoms. The number of Topliss-reactive ketones (excluding diaryl/α,β-unsaturated/α-hetero) is 1. The molecule has 0 N–H and O–H groups in total. The summed E-state index contributed by atoms with van der Waals surface area (Å²) >= 11 is 0. The molecule has 0 spiro atoms. The van der Waals surface area contributed by atoms with E-state index in [4.69, 9.17) is 9.26 Å². The summed E-state index contributed by atoms with van der Waals surface area (Å²) < 4.78 is 10.1. The molecule has 1 heterocycles. The SMILES string of the molecule is Cc1noc(C)c1C(=O)OCC(=O)c1ccc2c(c1)-c1ccccc1C2. The average Bonchev–Trinajstić information content (AvgIpc) is 3.18. The van der Waals surface area contributed by atoms with Crippen LogP contribution in [0.4, 0.5) is 0 Å². The second-order valence-electron chi connectivity index (χ2n) is 6.40. The number of ketones is 1. The lowest BCUT2D eigenvalue weighted by Gasteiger charge is -2.06. The summed E-state index contributed by atoms with van der Waals surface area (Å²) in [5.41, 5.74) is 5.96. The number of rotatable bonds is 4. The molecule has 1 aliphatic rings. The number of hydrogen-bond acceptors (Lipinski definition) is 5. The topological polar surface area (TPSA) is 69.4 Å². The molecule has 0 amide bonds. The van der Waals surface area contributed by atoms with Gasteiger partial charge in [-0.1, -0.05) is 41.6 Å². The summed E-state index contributed by atoms with van der Waals surface area (Å²) in [6, 6.07) is 13.8. The Hall–Kier alpha value is -3.21. The Kier molecular flexibility index (Phi) is 3.92.